The average molecular weight is 510 g/mol. The fraction of sp³-hybridized carbons (Fsp3) is 0.143. The van der Waals surface area contributed by atoms with E-state index in [2.05, 4.69) is 12.1 Å². The van der Waals surface area contributed by atoms with E-state index in [9.17, 15) is 14.9 Å². The monoisotopic (exact) mass is 509 g/mol. The Morgan fingerprint density at radius 1 is 1.03 bits per heavy atom. The number of nitrogens with zero attached hydrogens (tertiary/aromatic N) is 3. The van der Waals surface area contributed by atoms with Gasteiger partial charge in [-0.2, -0.15) is 0 Å². The van der Waals surface area contributed by atoms with Crippen LogP contribution in [0.2, 0.25) is 0 Å². The Hall–Kier alpha value is -4.50. The van der Waals surface area contributed by atoms with Crippen molar-refractivity contribution in [2.24, 2.45) is 4.99 Å². The molecule has 3 heterocycles. The molecular formula is C28H19N3O5S. The number of thiazole rings is 1. The van der Waals surface area contributed by atoms with Crippen LogP contribution in [0.5, 0.6) is 11.5 Å². The summed E-state index contributed by atoms with van der Waals surface area (Å²) in [7, 11) is 0. The highest BCUT2D eigenvalue weighted by atomic mass is 32.1. The van der Waals surface area contributed by atoms with E-state index in [0.29, 0.717) is 20.8 Å². The summed E-state index contributed by atoms with van der Waals surface area (Å²) < 4.78 is 12.8. The first-order valence-corrected chi connectivity index (χ1v) is 12.7. The van der Waals surface area contributed by atoms with E-state index in [4.69, 9.17) is 14.5 Å². The van der Waals surface area contributed by atoms with Crippen molar-refractivity contribution in [2.45, 2.75) is 18.9 Å². The predicted molar refractivity (Wildman–Crippen MR) is 138 cm³/mol. The minimum atomic E-state index is -0.479. The van der Waals surface area contributed by atoms with Crippen LogP contribution in [0, 0.1) is 10.1 Å². The Morgan fingerprint density at radius 2 is 1.78 bits per heavy atom. The van der Waals surface area contributed by atoms with Crippen LogP contribution in [0.15, 0.2) is 82.1 Å². The van der Waals surface area contributed by atoms with Crippen molar-refractivity contribution in [3.05, 3.63) is 124 Å². The van der Waals surface area contributed by atoms with Crippen LogP contribution in [0.3, 0.4) is 0 Å². The third-order valence-corrected chi connectivity index (χ3v) is 7.98. The lowest BCUT2D eigenvalue weighted by molar-refractivity contribution is -0.385. The van der Waals surface area contributed by atoms with E-state index in [1.54, 1.807) is 16.7 Å². The lowest BCUT2D eigenvalue weighted by atomic mass is 9.83. The molecule has 0 radical (unpaired) electrons. The molecule has 8 nitrogen and oxygen atoms in total. The van der Waals surface area contributed by atoms with E-state index in [1.165, 1.54) is 23.0 Å². The second kappa shape index (κ2) is 8.28. The van der Waals surface area contributed by atoms with Gasteiger partial charge in [0.2, 0.25) is 6.79 Å². The van der Waals surface area contributed by atoms with Crippen molar-refractivity contribution in [3.63, 3.8) is 0 Å². The number of allylic oxidation sites excluding steroid dienone is 1. The molecule has 2 aliphatic heterocycles. The summed E-state index contributed by atoms with van der Waals surface area (Å²) in [6.07, 6.45) is 3.23. The van der Waals surface area contributed by atoms with Crippen molar-refractivity contribution in [3.8, 4) is 11.5 Å². The van der Waals surface area contributed by atoms with E-state index in [1.807, 2.05) is 42.5 Å². The molecule has 37 heavy (non-hydrogen) atoms. The van der Waals surface area contributed by atoms with Crippen molar-refractivity contribution >= 4 is 28.8 Å². The molecule has 0 amide bonds. The minimum Gasteiger partial charge on any atom is -0.454 e. The second-order valence-corrected chi connectivity index (χ2v) is 10.1. The molecule has 0 bridgehead atoms. The molecule has 182 valence electrons. The molecule has 4 aromatic rings. The molecule has 3 aromatic carbocycles. The highest BCUT2D eigenvalue weighted by Crippen LogP contribution is 2.41. The Kier molecular flexibility index (Phi) is 4.87. The topological polar surface area (TPSA) is 96.0 Å². The molecule has 9 heteroatoms. The summed E-state index contributed by atoms with van der Waals surface area (Å²) in [6, 6.07) is 20.8. The summed E-state index contributed by atoms with van der Waals surface area (Å²) in [6.45, 7) is 0.00221. The van der Waals surface area contributed by atoms with Gasteiger partial charge in [0.05, 0.1) is 32.8 Å². The van der Waals surface area contributed by atoms with E-state index in [-0.39, 0.29) is 29.6 Å². The maximum absolute atomic E-state index is 13.9. The van der Waals surface area contributed by atoms with Gasteiger partial charge in [-0.1, -0.05) is 65.9 Å². The van der Waals surface area contributed by atoms with E-state index in [0.717, 1.165) is 35.2 Å². The number of aromatic nitrogens is 1. The van der Waals surface area contributed by atoms with Crippen molar-refractivity contribution in [2.75, 3.05) is 6.79 Å². The van der Waals surface area contributed by atoms with Gasteiger partial charge in [0, 0.05) is 5.56 Å². The number of nitro groups is 1. The van der Waals surface area contributed by atoms with Crippen LogP contribution >= 0.6 is 11.3 Å². The molecule has 1 aliphatic carbocycles. The first-order valence-electron chi connectivity index (χ1n) is 11.8. The lowest BCUT2D eigenvalue weighted by Gasteiger charge is -2.30. The van der Waals surface area contributed by atoms with E-state index >= 15 is 0 Å². The third-order valence-electron chi connectivity index (χ3n) is 6.99. The fourth-order valence-electron chi connectivity index (χ4n) is 5.32. The van der Waals surface area contributed by atoms with Gasteiger partial charge in [-0.25, -0.2) is 4.99 Å². The van der Waals surface area contributed by atoms with Gasteiger partial charge in [-0.3, -0.25) is 19.5 Å². The highest BCUT2D eigenvalue weighted by Gasteiger charge is 2.32. The Labute approximate surface area is 214 Å². The number of aryl methyl sites for hydroxylation is 1. The number of hydrogen-bond donors (Lipinski definition) is 0. The molecule has 3 aliphatic rings. The molecule has 0 spiro atoms. The standard InChI is InChI=1S/C28H19N3O5S/c32-27-24(13-18-12-22-23(36-15-35-22)14-21(18)31(33)34)37-28-29-25-19-9-5-4-6-16(19)10-11-20(25)26(30(27)28)17-7-2-1-3-8-17/h1-9,12-14,26H,10-11,15H2/b24-13+/t26-/m1/s1. The number of benzene rings is 3. The van der Waals surface area contributed by atoms with Crippen molar-refractivity contribution in [1.29, 1.82) is 0 Å². The zero-order valence-electron chi connectivity index (χ0n) is 19.4. The normalized spacial score (nSPS) is 17.6. The zero-order valence-corrected chi connectivity index (χ0v) is 20.2. The van der Waals surface area contributed by atoms with Crippen LogP contribution < -0.4 is 24.4 Å². The molecule has 7 rings (SSSR count). The summed E-state index contributed by atoms with van der Waals surface area (Å²) in [5.74, 6) is 0.736. The van der Waals surface area contributed by atoms with Gasteiger partial charge in [0.15, 0.2) is 16.3 Å². The molecule has 0 unspecified atom stereocenters. The van der Waals surface area contributed by atoms with Gasteiger partial charge in [0.25, 0.3) is 11.2 Å². The Bertz CT molecular complexity index is 1820. The molecule has 1 atom stereocenters. The van der Waals surface area contributed by atoms with Crippen LogP contribution in [-0.4, -0.2) is 16.3 Å². The molecule has 0 fully saturated rings. The molecular weight excluding hydrogens is 490 g/mol. The predicted octanol–water partition coefficient (Wildman–Crippen LogP) is 3.96. The smallest absolute Gasteiger partial charge is 0.280 e. The third kappa shape index (κ3) is 3.42. The molecule has 0 saturated carbocycles. The fourth-order valence-corrected chi connectivity index (χ4v) is 6.31. The summed E-state index contributed by atoms with van der Waals surface area (Å²) in [5.41, 5.74) is 5.27. The quantitative estimate of drug-likeness (QED) is 0.308. The number of fused-ring (bicyclic) bond motifs is 4. The number of nitro benzene ring substituents is 1. The maximum atomic E-state index is 13.9. The van der Waals surface area contributed by atoms with Gasteiger partial charge >= 0.3 is 0 Å². The summed E-state index contributed by atoms with van der Waals surface area (Å²) in [5, 5.41) is 11.8. The van der Waals surface area contributed by atoms with Crippen LogP contribution in [-0.2, 0) is 6.42 Å². The Morgan fingerprint density at radius 3 is 2.59 bits per heavy atom. The molecule has 0 saturated heterocycles. The van der Waals surface area contributed by atoms with Gasteiger partial charge in [-0.15, -0.1) is 0 Å². The summed E-state index contributed by atoms with van der Waals surface area (Å²) in [4.78, 5) is 30.7. The SMILES string of the molecule is O=c1/c(=C\c2cc3c(cc2[N+](=O)[O-])OCO3)sc2n1[C@H](c1ccccc1)C1=C(N=2)c2ccccc2CC1. The van der Waals surface area contributed by atoms with Gasteiger partial charge in [0.1, 0.15) is 0 Å². The number of ether oxygens (including phenoxy) is 2. The lowest BCUT2D eigenvalue weighted by Crippen LogP contribution is -2.38. The van der Waals surface area contributed by atoms with Gasteiger partial charge in [-0.05, 0) is 41.7 Å². The Balaban J connectivity index is 1.48. The maximum Gasteiger partial charge on any atom is 0.280 e. The van der Waals surface area contributed by atoms with Crippen LogP contribution in [0.4, 0.5) is 5.69 Å². The van der Waals surface area contributed by atoms with Crippen molar-refractivity contribution in [1.82, 2.24) is 4.57 Å². The molecule has 1 aromatic heterocycles. The van der Waals surface area contributed by atoms with Gasteiger partial charge < -0.3 is 9.47 Å². The number of hydrogen-bond acceptors (Lipinski definition) is 7. The average Bonchev–Trinajstić information content (AvgIpc) is 3.51. The zero-order chi connectivity index (χ0) is 25.1. The van der Waals surface area contributed by atoms with Crippen LogP contribution in [0.25, 0.3) is 11.8 Å². The minimum absolute atomic E-state index is 0.00221. The number of rotatable bonds is 3. The van der Waals surface area contributed by atoms with Crippen molar-refractivity contribution < 1.29 is 14.4 Å². The van der Waals surface area contributed by atoms with E-state index < -0.39 is 4.92 Å². The second-order valence-electron chi connectivity index (χ2n) is 9.05. The first-order chi connectivity index (χ1) is 18.1. The summed E-state index contributed by atoms with van der Waals surface area (Å²) >= 11 is 1.24. The van der Waals surface area contributed by atoms with Crippen LogP contribution in [0.1, 0.15) is 34.7 Å². The largest absolute Gasteiger partial charge is 0.454 e. The first kappa shape index (κ1) is 21.8. The molecule has 0 N–H and O–H groups in total. The highest BCUT2D eigenvalue weighted by molar-refractivity contribution is 7.07.